The lowest BCUT2D eigenvalue weighted by molar-refractivity contribution is 0.607. The molecule has 0 bridgehead atoms. The molecule has 0 saturated carbocycles. The van der Waals surface area contributed by atoms with E-state index in [2.05, 4.69) is 5.10 Å². The van der Waals surface area contributed by atoms with Crippen LogP contribution in [0.5, 0.6) is 0 Å². The minimum Gasteiger partial charge on any atom is -0.276 e. The van der Waals surface area contributed by atoms with Crippen molar-refractivity contribution in [3.05, 3.63) is 67.9 Å². The summed E-state index contributed by atoms with van der Waals surface area (Å²) < 4.78 is 18.3. The lowest BCUT2D eigenvalue weighted by atomic mass is 10.2. The van der Waals surface area contributed by atoms with Gasteiger partial charge in [-0.15, -0.1) is 16.4 Å². The van der Waals surface area contributed by atoms with Gasteiger partial charge in [-0.25, -0.2) is 18.3 Å². The number of aryl methyl sites for hydroxylation is 1. The molecule has 0 fully saturated rings. The summed E-state index contributed by atoms with van der Waals surface area (Å²) in [7, 11) is 0. The predicted molar refractivity (Wildman–Crippen MR) is 99.5 cm³/mol. The maximum absolute atomic E-state index is 13.4. The smallest absolute Gasteiger partial charge is 0.276 e. The molecule has 0 atom stereocenters. The molecule has 0 N–H and O–H groups in total. The molecule has 8 heteroatoms. The minimum atomic E-state index is -0.362. The van der Waals surface area contributed by atoms with E-state index in [1.807, 2.05) is 6.92 Å². The largest absolute Gasteiger partial charge is 0.352 e. The van der Waals surface area contributed by atoms with E-state index in [1.54, 1.807) is 28.1 Å². The van der Waals surface area contributed by atoms with Gasteiger partial charge < -0.3 is 0 Å². The van der Waals surface area contributed by atoms with Crippen LogP contribution >= 0.6 is 11.3 Å². The fourth-order valence-electron chi connectivity index (χ4n) is 3.06. The fourth-order valence-corrected chi connectivity index (χ4v) is 3.89. The topological polar surface area (TPSA) is 61.3 Å². The number of halogens is 1. The number of aromatic nitrogens is 4. The van der Waals surface area contributed by atoms with Crippen LogP contribution in [0.3, 0.4) is 0 Å². The number of rotatable bonds is 5. The lowest BCUT2D eigenvalue weighted by Gasteiger charge is -2.06. The number of hydrogen-bond donors (Lipinski definition) is 0. The Bertz CT molecular complexity index is 1220. The summed E-state index contributed by atoms with van der Waals surface area (Å²) >= 11 is 1.32. The Hall–Kier alpha value is -2.74. The van der Waals surface area contributed by atoms with Crippen LogP contribution in [0.25, 0.3) is 16.0 Å². The summed E-state index contributed by atoms with van der Waals surface area (Å²) in [6.45, 7) is 2.69. The van der Waals surface area contributed by atoms with Gasteiger partial charge in [0, 0.05) is 6.54 Å². The normalized spacial score (nSPS) is 11.6. The Balaban J connectivity index is 1.95. The Kier molecular flexibility index (Phi) is 4.20. The van der Waals surface area contributed by atoms with Crippen LogP contribution < -0.4 is 11.2 Å². The van der Waals surface area contributed by atoms with Crippen LogP contribution in [0.15, 0.2) is 45.3 Å². The molecule has 0 aliphatic heterocycles. The van der Waals surface area contributed by atoms with E-state index in [0.29, 0.717) is 28.1 Å². The number of fused-ring (bicyclic) bond motifs is 3. The van der Waals surface area contributed by atoms with Gasteiger partial charge in [-0.3, -0.25) is 9.36 Å². The van der Waals surface area contributed by atoms with Crippen molar-refractivity contribution >= 4 is 27.3 Å². The molecule has 4 aromatic rings. The summed E-state index contributed by atoms with van der Waals surface area (Å²) in [5.74, 6) is -0.0323. The third-order valence-electron chi connectivity index (χ3n) is 4.35. The first-order valence-electron chi connectivity index (χ1n) is 8.44. The van der Waals surface area contributed by atoms with Gasteiger partial charge in [-0.05, 0) is 35.6 Å². The number of nitrogens with zero attached hydrogens (tertiary/aromatic N) is 4. The number of benzene rings is 1. The van der Waals surface area contributed by atoms with E-state index in [-0.39, 0.29) is 23.6 Å². The second-order valence-corrected chi connectivity index (χ2v) is 7.07. The Morgan fingerprint density at radius 2 is 2.08 bits per heavy atom. The summed E-state index contributed by atoms with van der Waals surface area (Å²) in [5.41, 5.74) is 0.745. The zero-order valence-electron chi connectivity index (χ0n) is 14.2. The van der Waals surface area contributed by atoms with Crippen molar-refractivity contribution in [1.82, 2.24) is 18.7 Å². The van der Waals surface area contributed by atoms with Crippen molar-refractivity contribution in [2.75, 3.05) is 0 Å². The van der Waals surface area contributed by atoms with Gasteiger partial charge >= 0.3 is 5.69 Å². The lowest BCUT2D eigenvalue weighted by Crippen LogP contribution is -2.26. The van der Waals surface area contributed by atoms with E-state index < -0.39 is 0 Å². The molecule has 0 saturated heterocycles. The van der Waals surface area contributed by atoms with Crippen molar-refractivity contribution in [2.45, 2.75) is 32.9 Å². The van der Waals surface area contributed by atoms with Crippen LogP contribution in [0.2, 0.25) is 0 Å². The maximum atomic E-state index is 13.4. The third-order valence-corrected chi connectivity index (χ3v) is 5.24. The molecular weight excluding hydrogens is 355 g/mol. The molecule has 0 unspecified atom stereocenters. The molecule has 0 aliphatic carbocycles. The van der Waals surface area contributed by atoms with E-state index in [1.165, 1.54) is 32.6 Å². The molecule has 4 rings (SSSR count). The number of unbranched alkanes of at least 4 members (excludes halogenated alkanes) is 1. The van der Waals surface area contributed by atoms with Gasteiger partial charge in [0.1, 0.15) is 10.5 Å². The van der Waals surface area contributed by atoms with Gasteiger partial charge in [0.25, 0.3) is 5.56 Å². The van der Waals surface area contributed by atoms with Crippen molar-refractivity contribution in [3.8, 4) is 0 Å². The van der Waals surface area contributed by atoms with Crippen LogP contribution in [0.4, 0.5) is 4.39 Å². The van der Waals surface area contributed by atoms with Crippen LogP contribution in [-0.4, -0.2) is 18.7 Å². The van der Waals surface area contributed by atoms with E-state index in [0.717, 1.165) is 12.8 Å². The summed E-state index contributed by atoms with van der Waals surface area (Å²) in [5, 5.41) is 6.19. The molecular formula is C18H17FN4O2S. The molecule has 26 heavy (non-hydrogen) atoms. The molecule has 3 heterocycles. The van der Waals surface area contributed by atoms with Crippen LogP contribution in [0.1, 0.15) is 25.3 Å². The van der Waals surface area contributed by atoms with Gasteiger partial charge in [-0.2, -0.15) is 0 Å². The third kappa shape index (κ3) is 2.66. The second kappa shape index (κ2) is 6.53. The predicted octanol–water partition coefficient (Wildman–Crippen LogP) is 2.86. The molecule has 0 radical (unpaired) electrons. The first-order chi connectivity index (χ1) is 12.6. The minimum absolute atomic E-state index is 0.126. The number of thiophene rings is 1. The highest BCUT2D eigenvalue weighted by Gasteiger charge is 2.18. The Morgan fingerprint density at radius 1 is 1.23 bits per heavy atom. The van der Waals surface area contributed by atoms with Gasteiger partial charge in [0.2, 0.25) is 5.78 Å². The van der Waals surface area contributed by atoms with Crippen molar-refractivity contribution in [3.63, 3.8) is 0 Å². The van der Waals surface area contributed by atoms with Crippen LogP contribution in [0, 0.1) is 5.82 Å². The zero-order valence-corrected chi connectivity index (χ0v) is 15.0. The standard InChI is InChI=1S/C18H17FN4O2S/c1-2-3-8-21-16(24)15-14(7-9-26-15)23-17(21)20-22(18(23)25)11-12-5-4-6-13(19)10-12/h4-7,9-10H,2-3,8,11H2,1H3. The molecule has 0 amide bonds. The summed E-state index contributed by atoms with van der Waals surface area (Å²) in [6.07, 6.45) is 1.74. The molecule has 0 aliphatic rings. The van der Waals surface area contributed by atoms with E-state index >= 15 is 0 Å². The first kappa shape index (κ1) is 16.7. The van der Waals surface area contributed by atoms with Gasteiger partial charge in [0.15, 0.2) is 0 Å². The Labute approximate surface area is 151 Å². The average Bonchev–Trinajstić information content (AvgIpc) is 3.21. The summed E-state index contributed by atoms with van der Waals surface area (Å²) in [4.78, 5) is 25.7. The maximum Gasteiger partial charge on any atom is 0.352 e. The SMILES string of the molecule is CCCCn1c(=O)c2sccc2n2c(=O)n(Cc3cccc(F)c3)nc12. The fraction of sp³-hybridized carbons (Fsp3) is 0.278. The van der Waals surface area contributed by atoms with Gasteiger partial charge in [0.05, 0.1) is 12.1 Å². The Morgan fingerprint density at radius 3 is 2.85 bits per heavy atom. The summed E-state index contributed by atoms with van der Waals surface area (Å²) in [6, 6.07) is 7.83. The van der Waals surface area contributed by atoms with Gasteiger partial charge in [-0.1, -0.05) is 25.5 Å². The quantitative estimate of drug-likeness (QED) is 0.541. The van der Waals surface area contributed by atoms with E-state index in [9.17, 15) is 14.0 Å². The molecule has 6 nitrogen and oxygen atoms in total. The molecule has 3 aromatic heterocycles. The van der Waals surface area contributed by atoms with E-state index in [4.69, 9.17) is 0 Å². The van der Waals surface area contributed by atoms with Crippen molar-refractivity contribution in [1.29, 1.82) is 0 Å². The van der Waals surface area contributed by atoms with Crippen LogP contribution in [-0.2, 0) is 13.1 Å². The molecule has 0 spiro atoms. The highest BCUT2D eigenvalue weighted by atomic mass is 32.1. The van der Waals surface area contributed by atoms with Crippen molar-refractivity contribution < 1.29 is 4.39 Å². The highest BCUT2D eigenvalue weighted by Crippen LogP contribution is 2.17. The monoisotopic (exact) mass is 372 g/mol. The average molecular weight is 372 g/mol. The highest BCUT2D eigenvalue weighted by molar-refractivity contribution is 7.17. The number of hydrogen-bond acceptors (Lipinski definition) is 4. The zero-order chi connectivity index (χ0) is 18.3. The second-order valence-electron chi connectivity index (χ2n) is 6.15. The molecule has 134 valence electrons. The molecule has 1 aromatic carbocycles. The first-order valence-corrected chi connectivity index (χ1v) is 9.32. The van der Waals surface area contributed by atoms with Crippen molar-refractivity contribution in [2.24, 2.45) is 0 Å².